The van der Waals surface area contributed by atoms with E-state index in [1.807, 2.05) is 21.1 Å². The number of quaternary nitrogens is 1. The number of carbonyl (C=O) groups is 2. The van der Waals surface area contributed by atoms with Crippen LogP contribution in [0.5, 0.6) is 0 Å². The van der Waals surface area contributed by atoms with Gasteiger partial charge < -0.3 is 14.3 Å². The molecule has 0 heterocycles. The van der Waals surface area contributed by atoms with Gasteiger partial charge in [-0.1, -0.05) is 58.2 Å². The zero-order chi connectivity index (χ0) is 20.9. The van der Waals surface area contributed by atoms with Crippen LogP contribution in [0.1, 0.15) is 81.6 Å². The summed E-state index contributed by atoms with van der Waals surface area (Å²) >= 11 is 0. The number of hydrogen-bond acceptors (Lipinski definition) is 3. The summed E-state index contributed by atoms with van der Waals surface area (Å²) < 4.78 is 27.3. The van der Waals surface area contributed by atoms with Crippen LogP contribution in [0.2, 0.25) is 0 Å². The van der Waals surface area contributed by atoms with Crippen molar-refractivity contribution in [2.24, 2.45) is 0 Å². The number of carboxylic acid groups (broad SMARTS) is 1. The average molecular weight is 348 g/mol. The molecule has 24 heavy (non-hydrogen) atoms. The van der Waals surface area contributed by atoms with Crippen LogP contribution in [-0.2, 0) is 14.3 Å². The second kappa shape index (κ2) is 13.2. The minimum Gasteiger partial charge on any atom is -0.481 e. The zero-order valence-corrected chi connectivity index (χ0v) is 15.7. The summed E-state index contributed by atoms with van der Waals surface area (Å²) in [6.45, 7) is -1.33. The fourth-order valence-corrected chi connectivity index (χ4v) is 2.65. The van der Waals surface area contributed by atoms with E-state index in [1.165, 1.54) is 0 Å². The summed E-state index contributed by atoms with van der Waals surface area (Å²) in [5.74, 6) is -1.28. The number of nitrogens with zero attached hydrogens (tertiary/aromatic N) is 1. The Hall–Kier alpha value is -1.10. The van der Waals surface area contributed by atoms with E-state index in [0.29, 0.717) is 23.9 Å². The summed E-state index contributed by atoms with van der Waals surface area (Å²) in [5, 5.41) is 8.96. The fourth-order valence-electron chi connectivity index (χ4n) is 2.65. The number of carboxylic acids is 1. The highest BCUT2D eigenvalue weighted by Crippen LogP contribution is 2.12. The molecule has 0 amide bonds. The highest BCUT2D eigenvalue weighted by Gasteiger charge is 2.24. The average Bonchev–Trinajstić information content (AvgIpc) is 2.45. The van der Waals surface area contributed by atoms with Gasteiger partial charge in [0.1, 0.15) is 6.54 Å². The lowest BCUT2D eigenvalue weighted by Crippen LogP contribution is -2.43. The van der Waals surface area contributed by atoms with Gasteiger partial charge in [0, 0.05) is 10.5 Å². The van der Waals surface area contributed by atoms with Crippen molar-refractivity contribution in [2.45, 2.75) is 83.6 Å². The molecule has 0 aliphatic rings. The number of ether oxygens (including phenoxy) is 1. The van der Waals surface area contributed by atoms with E-state index in [-0.39, 0.29) is 12.4 Å². The Labute approximate surface area is 152 Å². The quantitative estimate of drug-likeness (QED) is 0.276. The molecule has 0 fully saturated rings. The molecule has 1 N–H and O–H groups in total. The monoisotopic (exact) mass is 347 g/mol. The summed E-state index contributed by atoms with van der Waals surface area (Å²) in [6.07, 6.45) is 7.57. The van der Waals surface area contributed by atoms with Crippen molar-refractivity contribution in [3.8, 4) is 0 Å². The molecule has 0 spiro atoms. The zero-order valence-electron chi connectivity index (χ0n) is 18.7. The summed E-state index contributed by atoms with van der Waals surface area (Å²) in [5.41, 5.74) is 0. The molecule has 0 aromatic heterocycles. The Morgan fingerprint density at radius 2 is 1.54 bits per heavy atom. The predicted octanol–water partition coefficient (Wildman–Crippen LogP) is 4.00. The van der Waals surface area contributed by atoms with E-state index in [9.17, 15) is 9.59 Å². The van der Waals surface area contributed by atoms with Crippen molar-refractivity contribution in [1.82, 2.24) is 0 Å². The van der Waals surface area contributed by atoms with Crippen molar-refractivity contribution in [3.05, 3.63) is 0 Å². The fraction of sp³-hybridized carbons (Fsp3) is 0.895. The van der Waals surface area contributed by atoms with Crippen LogP contribution in [0.3, 0.4) is 0 Å². The Kier molecular flexibility index (Phi) is 9.76. The summed E-state index contributed by atoms with van der Waals surface area (Å²) in [6, 6.07) is 0. The third kappa shape index (κ3) is 15.8. The van der Waals surface area contributed by atoms with Gasteiger partial charge in [-0.05, 0) is 6.42 Å². The number of esters is 1. The van der Waals surface area contributed by atoms with Crippen LogP contribution in [0, 0.1) is 0 Å². The first-order chi connectivity index (χ1) is 12.4. The maximum absolute atomic E-state index is 11.9. The van der Waals surface area contributed by atoms with Crippen molar-refractivity contribution >= 4 is 11.9 Å². The second-order valence-corrected chi connectivity index (χ2v) is 7.51. The third-order valence-corrected chi connectivity index (χ3v) is 3.76. The molecule has 142 valence electrons. The largest absolute Gasteiger partial charge is 0.481 e. The second-order valence-electron chi connectivity index (χ2n) is 7.51. The first-order valence-electron chi connectivity index (χ1n) is 10.6. The Morgan fingerprint density at radius 3 is 2.04 bits per heavy atom. The Balaban J connectivity index is 3.76. The minimum absolute atomic E-state index is 0.164. The van der Waals surface area contributed by atoms with Crippen molar-refractivity contribution in [1.29, 1.82) is 0 Å². The number of aliphatic carboxylic acids is 1. The minimum atomic E-state index is -1.80. The lowest BCUT2D eigenvalue weighted by Gasteiger charge is -2.28. The topological polar surface area (TPSA) is 63.6 Å². The summed E-state index contributed by atoms with van der Waals surface area (Å²) in [7, 11) is 5.81. The molecule has 0 unspecified atom stereocenters. The molecule has 1 atom stereocenters. The van der Waals surface area contributed by atoms with Gasteiger partial charge in [-0.3, -0.25) is 9.59 Å². The highest BCUT2D eigenvalue weighted by atomic mass is 16.5. The van der Waals surface area contributed by atoms with Gasteiger partial charge in [0.2, 0.25) is 0 Å². The molecular formula is C19H38NO4+. The molecular weight excluding hydrogens is 306 g/mol. The molecule has 0 saturated heterocycles. The number of rotatable bonds is 15. The lowest BCUT2D eigenvalue weighted by atomic mass is 10.1. The first kappa shape index (κ1) is 17.7. The van der Waals surface area contributed by atoms with E-state index in [4.69, 9.17) is 14.0 Å². The standard InChI is InChI=1S/C19H37NO4/c1-5-6-7-8-9-10-11-12-13-14-19(23)24-17(15-18(21)22)16-20(2,3)4/h17H,5-16H2,1-4H3/p+1/t17-/m1/s1/i1D3. The van der Waals surface area contributed by atoms with Crippen molar-refractivity contribution in [3.63, 3.8) is 0 Å². The first-order valence-corrected chi connectivity index (χ1v) is 9.11. The molecule has 0 radical (unpaired) electrons. The van der Waals surface area contributed by atoms with Crippen molar-refractivity contribution < 1.29 is 28.0 Å². The number of carbonyl (C=O) groups excluding carboxylic acids is 1. The molecule has 0 aliphatic carbocycles. The van der Waals surface area contributed by atoms with Gasteiger partial charge in [0.15, 0.2) is 6.10 Å². The third-order valence-electron chi connectivity index (χ3n) is 3.76. The molecule has 0 aromatic rings. The Morgan fingerprint density at radius 1 is 1.00 bits per heavy atom. The van der Waals surface area contributed by atoms with Gasteiger partial charge >= 0.3 is 11.9 Å². The normalized spacial score (nSPS) is 15.2. The van der Waals surface area contributed by atoms with Crippen LogP contribution in [0.15, 0.2) is 0 Å². The molecule has 0 saturated carbocycles. The van der Waals surface area contributed by atoms with Gasteiger partial charge in [0.25, 0.3) is 0 Å². The number of likely N-dealkylation sites (N-methyl/N-ethyl adjacent to an activating group) is 1. The van der Waals surface area contributed by atoms with Crippen LogP contribution in [0.4, 0.5) is 0 Å². The van der Waals surface area contributed by atoms with Gasteiger partial charge in [0.05, 0.1) is 27.6 Å². The Bertz CT molecular complexity index is 434. The van der Waals surface area contributed by atoms with Crippen LogP contribution >= 0.6 is 0 Å². The molecule has 0 bridgehead atoms. The molecule has 0 aromatic carbocycles. The molecule has 5 nitrogen and oxygen atoms in total. The molecule has 5 heteroatoms. The molecule has 0 aliphatic heterocycles. The SMILES string of the molecule is [2H]C([2H])([2H])CCCCCCCCCCC(=O)O[C@H](CC(=O)O)C[N+](C)(C)C. The van der Waals surface area contributed by atoms with Gasteiger partial charge in [-0.25, -0.2) is 0 Å². The van der Waals surface area contributed by atoms with E-state index in [2.05, 4.69) is 0 Å². The predicted molar refractivity (Wildman–Crippen MR) is 96.9 cm³/mol. The number of hydrogen-bond donors (Lipinski definition) is 1. The van der Waals surface area contributed by atoms with Crippen LogP contribution in [0.25, 0.3) is 0 Å². The van der Waals surface area contributed by atoms with E-state index in [0.717, 1.165) is 51.4 Å². The lowest BCUT2D eigenvalue weighted by molar-refractivity contribution is -0.873. The number of unbranched alkanes of at least 4 members (excludes halogenated alkanes) is 7. The smallest absolute Gasteiger partial charge is 0.307 e. The maximum atomic E-state index is 11.9. The van der Waals surface area contributed by atoms with Crippen LogP contribution in [-0.4, -0.2) is 55.3 Å². The molecule has 0 rings (SSSR count). The maximum Gasteiger partial charge on any atom is 0.307 e. The highest BCUT2D eigenvalue weighted by molar-refractivity contribution is 5.71. The van der Waals surface area contributed by atoms with Gasteiger partial charge in [-0.2, -0.15) is 0 Å². The van der Waals surface area contributed by atoms with E-state index >= 15 is 0 Å². The van der Waals surface area contributed by atoms with Crippen LogP contribution < -0.4 is 0 Å². The van der Waals surface area contributed by atoms with E-state index < -0.39 is 18.9 Å². The van der Waals surface area contributed by atoms with Gasteiger partial charge in [-0.15, -0.1) is 0 Å². The van der Waals surface area contributed by atoms with E-state index in [1.54, 1.807) is 0 Å². The summed E-state index contributed by atoms with van der Waals surface area (Å²) in [4.78, 5) is 22.9. The van der Waals surface area contributed by atoms with Crippen molar-refractivity contribution in [2.75, 3.05) is 27.7 Å².